The molecule has 58 valence electrons. The van der Waals surface area contributed by atoms with E-state index in [2.05, 4.69) is 26.7 Å². The highest BCUT2D eigenvalue weighted by atomic mass is 28.2. The predicted molar refractivity (Wildman–Crippen MR) is 47.7 cm³/mol. The molecule has 0 aliphatic heterocycles. The zero-order valence-corrected chi connectivity index (χ0v) is 8.52. The maximum absolute atomic E-state index is 5.43. The minimum atomic E-state index is -0.366. The highest BCUT2D eigenvalue weighted by Crippen LogP contribution is 2.19. The number of rotatable bonds is 3. The summed E-state index contributed by atoms with van der Waals surface area (Å²) in [6, 6.07) is 0. The Morgan fingerprint density at radius 3 is 2.50 bits per heavy atom. The molecule has 0 saturated carbocycles. The third kappa shape index (κ3) is 7.74. The van der Waals surface area contributed by atoms with E-state index in [9.17, 15) is 0 Å². The van der Waals surface area contributed by atoms with Gasteiger partial charge in [-0.3, -0.25) is 0 Å². The van der Waals surface area contributed by atoms with Crippen LogP contribution in [0.3, 0.4) is 0 Å². The molecule has 0 aliphatic rings. The highest BCUT2D eigenvalue weighted by Gasteiger charge is 2.10. The first-order valence-electron chi connectivity index (χ1n) is 3.57. The Morgan fingerprint density at radius 2 is 2.10 bits per heavy atom. The average molecular weight is 156 g/mol. The monoisotopic (exact) mass is 156 g/mol. The van der Waals surface area contributed by atoms with Crippen LogP contribution in [0.25, 0.3) is 0 Å². The predicted octanol–water partition coefficient (Wildman–Crippen LogP) is 1.33. The Balaban J connectivity index is 3.14. The number of hydrogen-bond donors (Lipinski definition) is 0. The van der Waals surface area contributed by atoms with Gasteiger partial charge in [0.1, 0.15) is 0 Å². The fraction of sp³-hybridized carbons (Fsp3) is 0.750. The second-order valence-electron chi connectivity index (χ2n) is 3.57. The van der Waals surface area contributed by atoms with Gasteiger partial charge in [-0.05, 0) is 5.04 Å². The third-order valence-electron chi connectivity index (χ3n) is 0.926. The van der Waals surface area contributed by atoms with Gasteiger partial charge in [0.2, 0.25) is 0 Å². The van der Waals surface area contributed by atoms with Crippen molar-refractivity contribution < 1.29 is 4.43 Å². The Kier molecular flexibility index (Phi) is 4.42. The molecule has 2 heteroatoms. The van der Waals surface area contributed by atoms with E-state index >= 15 is 0 Å². The van der Waals surface area contributed by atoms with Crippen molar-refractivity contribution in [2.24, 2.45) is 0 Å². The van der Waals surface area contributed by atoms with Crippen LogP contribution in [0, 0.1) is 12.3 Å². The summed E-state index contributed by atoms with van der Waals surface area (Å²) in [7, 11) is -0.366. The highest BCUT2D eigenvalue weighted by molar-refractivity contribution is 6.31. The molecule has 0 rings (SSSR count). The molecule has 0 unspecified atom stereocenters. The van der Waals surface area contributed by atoms with Gasteiger partial charge in [-0.2, -0.15) is 0 Å². The molecule has 0 N–H and O–H groups in total. The molecule has 0 fully saturated rings. The van der Waals surface area contributed by atoms with E-state index in [1.807, 2.05) is 0 Å². The normalized spacial score (nSPS) is 12.2. The van der Waals surface area contributed by atoms with Crippen molar-refractivity contribution >= 4 is 9.76 Å². The Labute approximate surface area is 66.1 Å². The van der Waals surface area contributed by atoms with Crippen LogP contribution >= 0.6 is 0 Å². The standard InChI is InChI=1S/C8H16OSi/c1-5-6-7-9-10-8(2,3)4/h1H,6-7,10H2,2-4H3. The van der Waals surface area contributed by atoms with Crippen molar-refractivity contribution in [3.05, 3.63) is 0 Å². The second kappa shape index (κ2) is 4.54. The van der Waals surface area contributed by atoms with Crippen LogP contribution in [0.1, 0.15) is 27.2 Å². The lowest BCUT2D eigenvalue weighted by molar-refractivity contribution is 0.330. The van der Waals surface area contributed by atoms with Crippen LogP contribution in [0.4, 0.5) is 0 Å². The van der Waals surface area contributed by atoms with E-state index in [1.54, 1.807) is 0 Å². The first-order valence-corrected chi connectivity index (χ1v) is 4.86. The Morgan fingerprint density at radius 1 is 1.50 bits per heavy atom. The van der Waals surface area contributed by atoms with E-state index in [4.69, 9.17) is 10.8 Å². The molecular formula is C8H16OSi. The van der Waals surface area contributed by atoms with Gasteiger partial charge in [-0.25, -0.2) is 0 Å². The zero-order chi connectivity index (χ0) is 8.04. The molecule has 0 amide bonds. The topological polar surface area (TPSA) is 9.23 Å². The van der Waals surface area contributed by atoms with Gasteiger partial charge in [0.05, 0.1) is 0 Å². The van der Waals surface area contributed by atoms with Crippen molar-refractivity contribution in [2.75, 3.05) is 6.61 Å². The van der Waals surface area contributed by atoms with Gasteiger partial charge in [0.25, 0.3) is 0 Å². The van der Waals surface area contributed by atoms with Gasteiger partial charge in [-0.15, -0.1) is 12.3 Å². The van der Waals surface area contributed by atoms with Crippen molar-refractivity contribution in [3.8, 4) is 12.3 Å². The smallest absolute Gasteiger partial charge is 0.166 e. The molecule has 0 aromatic heterocycles. The Hall–Kier alpha value is -0.263. The van der Waals surface area contributed by atoms with E-state index in [0.29, 0.717) is 5.04 Å². The first-order chi connectivity index (χ1) is 4.56. The van der Waals surface area contributed by atoms with Crippen molar-refractivity contribution in [1.29, 1.82) is 0 Å². The average Bonchev–Trinajstić information content (AvgIpc) is 1.78. The van der Waals surface area contributed by atoms with E-state index in [-0.39, 0.29) is 9.76 Å². The van der Waals surface area contributed by atoms with E-state index in [0.717, 1.165) is 13.0 Å². The largest absolute Gasteiger partial charge is 0.422 e. The fourth-order valence-electron chi connectivity index (χ4n) is 0.509. The minimum absolute atomic E-state index is 0.366. The minimum Gasteiger partial charge on any atom is -0.422 e. The molecule has 0 aliphatic carbocycles. The van der Waals surface area contributed by atoms with Crippen molar-refractivity contribution in [2.45, 2.75) is 32.2 Å². The van der Waals surface area contributed by atoms with Crippen LogP contribution in [-0.2, 0) is 4.43 Å². The Bertz CT molecular complexity index is 118. The van der Waals surface area contributed by atoms with Gasteiger partial charge >= 0.3 is 0 Å². The lowest BCUT2D eigenvalue weighted by Crippen LogP contribution is -2.12. The molecule has 0 aromatic rings. The lowest BCUT2D eigenvalue weighted by Gasteiger charge is -2.16. The maximum atomic E-state index is 5.43. The van der Waals surface area contributed by atoms with Gasteiger partial charge in [0.15, 0.2) is 9.76 Å². The molecule has 0 aromatic carbocycles. The third-order valence-corrected chi connectivity index (χ3v) is 2.28. The summed E-state index contributed by atoms with van der Waals surface area (Å²) in [5, 5.41) is 0.397. The summed E-state index contributed by atoms with van der Waals surface area (Å²) in [5.74, 6) is 2.55. The molecule has 10 heavy (non-hydrogen) atoms. The first kappa shape index (κ1) is 9.74. The van der Waals surface area contributed by atoms with Crippen LogP contribution in [0.5, 0.6) is 0 Å². The van der Waals surface area contributed by atoms with Crippen molar-refractivity contribution in [3.63, 3.8) is 0 Å². The molecule has 0 saturated heterocycles. The van der Waals surface area contributed by atoms with Gasteiger partial charge in [0, 0.05) is 13.0 Å². The summed E-state index contributed by atoms with van der Waals surface area (Å²) in [6.07, 6.45) is 5.82. The van der Waals surface area contributed by atoms with Crippen LogP contribution in [0.2, 0.25) is 5.04 Å². The van der Waals surface area contributed by atoms with E-state index < -0.39 is 0 Å². The van der Waals surface area contributed by atoms with Crippen molar-refractivity contribution in [1.82, 2.24) is 0 Å². The molecule has 0 heterocycles. The lowest BCUT2D eigenvalue weighted by atomic mass is 10.3. The van der Waals surface area contributed by atoms with Crippen LogP contribution in [0.15, 0.2) is 0 Å². The number of terminal acetylenes is 1. The van der Waals surface area contributed by atoms with Gasteiger partial charge < -0.3 is 4.43 Å². The van der Waals surface area contributed by atoms with E-state index in [1.165, 1.54) is 0 Å². The summed E-state index contributed by atoms with van der Waals surface area (Å²) in [6.45, 7) is 7.36. The molecule has 0 atom stereocenters. The quantitative estimate of drug-likeness (QED) is 0.340. The molecular weight excluding hydrogens is 140 g/mol. The molecule has 0 radical (unpaired) electrons. The summed E-state index contributed by atoms with van der Waals surface area (Å²) >= 11 is 0. The number of hydrogen-bond acceptors (Lipinski definition) is 1. The van der Waals surface area contributed by atoms with Crippen LogP contribution < -0.4 is 0 Å². The fourth-order valence-corrected chi connectivity index (χ4v) is 1.41. The van der Waals surface area contributed by atoms with Crippen LogP contribution in [-0.4, -0.2) is 16.4 Å². The molecule has 0 bridgehead atoms. The van der Waals surface area contributed by atoms with Gasteiger partial charge in [-0.1, -0.05) is 20.8 Å². The second-order valence-corrected chi connectivity index (χ2v) is 6.39. The molecule has 0 spiro atoms. The maximum Gasteiger partial charge on any atom is 0.166 e. The SMILES string of the molecule is C#CCCO[SiH2]C(C)(C)C. The summed E-state index contributed by atoms with van der Waals surface area (Å²) < 4.78 is 5.43. The summed E-state index contributed by atoms with van der Waals surface area (Å²) in [4.78, 5) is 0. The molecule has 1 nitrogen and oxygen atoms in total. The summed E-state index contributed by atoms with van der Waals surface area (Å²) in [5.41, 5.74) is 0. The zero-order valence-electron chi connectivity index (χ0n) is 7.11.